The number of hydrogen-bond acceptors (Lipinski definition) is 8. The lowest BCUT2D eigenvalue weighted by molar-refractivity contribution is 0.161. The van der Waals surface area contributed by atoms with Crippen LogP contribution in [0.1, 0.15) is 36.4 Å². The van der Waals surface area contributed by atoms with E-state index in [1.807, 2.05) is 6.07 Å². The zero-order valence-electron chi connectivity index (χ0n) is 18.7. The normalized spacial score (nSPS) is 20.3. The number of nitrogens with one attached hydrogen (secondary N) is 1. The van der Waals surface area contributed by atoms with Crippen molar-refractivity contribution in [2.75, 3.05) is 32.8 Å². The highest BCUT2D eigenvalue weighted by molar-refractivity contribution is 7.16. The number of piperidine rings is 1. The number of nitrogens with zero attached hydrogens (tertiary/aromatic N) is 4. The predicted octanol–water partition coefficient (Wildman–Crippen LogP) is 2.93. The Bertz CT molecular complexity index is 1240. The molecule has 0 saturated carbocycles. The summed E-state index contributed by atoms with van der Waals surface area (Å²) in [5.74, 6) is 1.07. The number of rotatable bonds is 5. The van der Waals surface area contributed by atoms with Crippen LogP contribution in [0.4, 0.5) is 4.39 Å². The number of aromatic nitrogens is 3. The van der Waals surface area contributed by atoms with Crippen molar-refractivity contribution < 1.29 is 13.9 Å². The number of ether oxygens (including phenoxy) is 2. The average Bonchev–Trinajstić information content (AvgIpc) is 3.17. The molecule has 3 aliphatic heterocycles. The van der Waals surface area contributed by atoms with Crippen LogP contribution in [0.5, 0.6) is 11.6 Å². The van der Waals surface area contributed by atoms with Crippen molar-refractivity contribution in [2.24, 2.45) is 0 Å². The molecule has 2 aromatic heterocycles. The number of benzene rings is 1. The molecular formula is C23H27ClFN5O3S. The summed E-state index contributed by atoms with van der Waals surface area (Å²) in [6.07, 6.45) is 2.86. The molecule has 1 saturated heterocycles. The van der Waals surface area contributed by atoms with E-state index in [9.17, 15) is 9.18 Å². The molecule has 6 rings (SSSR count). The summed E-state index contributed by atoms with van der Waals surface area (Å²) in [4.78, 5) is 14.7. The maximum atomic E-state index is 14.8. The quantitative estimate of drug-likeness (QED) is 0.568. The molecule has 3 aliphatic rings. The third-order valence-corrected chi connectivity index (χ3v) is 7.86. The topological polar surface area (TPSA) is 81.5 Å². The zero-order chi connectivity index (χ0) is 22.4. The first-order chi connectivity index (χ1) is 16.2. The van der Waals surface area contributed by atoms with Gasteiger partial charge in [0.1, 0.15) is 19.0 Å². The Morgan fingerprint density at radius 3 is 2.79 bits per heavy atom. The van der Waals surface area contributed by atoms with Gasteiger partial charge in [0.2, 0.25) is 0 Å². The van der Waals surface area contributed by atoms with Crippen LogP contribution >= 0.6 is 23.7 Å². The predicted molar refractivity (Wildman–Crippen MR) is 130 cm³/mol. The van der Waals surface area contributed by atoms with Crippen molar-refractivity contribution in [3.63, 3.8) is 0 Å². The Labute approximate surface area is 206 Å². The molecule has 8 nitrogen and oxygen atoms in total. The first-order valence-electron chi connectivity index (χ1n) is 11.6. The van der Waals surface area contributed by atoms with Crippen molar-refractivity contribution >= 4 is 34.0 Å². The molecule has 0 spiro atoms. The van der Waals surface area contributed by atoms with Crippen molar-refractivity contribution in [3.05, 3.63) is 44.9 Å². The van der Waals surface area contributed by atoms with E-state index in [1.165, 1.54) is 17.4 Å². The number of aryl methyl sites for hydroxylation is 1. The van der Waals surface area contributed by atoms with Crippen molar-refractivity contribution in [1.29, 1.82) is 0 Å². The van der Waals surface area contributed by atoms with Crippen molar-refractivity contribution in [3.8, 4) is 11.6 Å². The van der Waals surface area contributed by atoms with E-state index in [0.29, 0.717) is 44.0 Å². The number of thiazole rings is 1. The third kappa shape index (κ3) is 4.39. The monoisotopic (exact) mass is 507 g/mol. The summed E-state index contributed by atoms with van der Waals surface area (Å²) in [6.45, 7) is 5.13. The lowest BCUT2D eigenvalue weighted by atomic mass is 9.90. The minimum atomic E-state index is -0.184. The summed E-state index contributed by atoms with van der Waals surface area (Å²) in [5, 5.41) is 11.9. The van der Waals surface area contributed by atoms with Gasteiger partial charge in [-0.25, -0.2) is 4.39 Å². The Hall–Kier alpha value is -2.27. The Morgan fingerprint density at radius 1 is 1.12 bits per heavy atom. The van der Waals surface area contributed by atoms with Crippen LogP contribution in [0.15, 0.2) is 23.0 Å². The van der Waals surface area contributed by atoms with Gasteiger partial charge in [0.25, 0.3) is 5.88 Å². The molecule has 1 fully saturated rings. The SMILES string of the molecule is Cl.O=c1sc2ccc(F)c3c2n1CCC3CN1CCC(NCc2cc3c(nn2)OCCO3)CC1. The van der Waals surface area contributed by atoms with Gasteiger partial charge in [-0.3, -0.25) is 9.36 Å². The highest BCUT2D eigenvalue weighted by Crippen LogP contribution is 2.36. The smallest absolute Gasteiger partial charge is 0.308 e. The van der Waals surface area contributed by atoms with Gasteiger partial charge in [-0.05, 0) is 44.5 Å². The standard InChI is InChI=1S/C23H26FN5O3S.ClH/c24-17-1-2-19-21-20(17)14(3-8-29(21)23(30)33-19)13-28-6-4-15(5-7-28)25-12-16-11-18-22(27-26-16)32-10-9-31-18;/h1-2,11,14-15,25H,3-10,12-13H2;1H. The third-order valence-electron chi connectivity index (χ3n) is 6.92. The van der Waals surface area contributed by atoms with E-state index < -0.39 is 0 Å². The molecule has 0 aliphatic carbocycles. The van der Waals surface area contributed by atoms with Crippen LogP contribution in [0, 0.1) is 5.82 Å². The molecule has 5 heterocycles. The largest absolute Gasteiger partial charge is 0.484 e. The van der Waals surface area contributed by atoms with Crippen LogP contribution in [0.2, 0.25) is 0 Å². The Morgan fingerprint density at radius 2 is 1.94 bits per heavy atom. The first-order valence-corrected chi connectivity index (χ1v) is 12.4. The molecule has 182 valence electrons. The van der Waals surface area contributed by atoms with Crippen LogP contribution in [0.3, 0.4) is 0 Å². The molecule has 11 heteroatoms. The maximum Gasteiger partial charge on any atom is 0.308 e. The van der Waals surface area contributed by atoms with Crippen LogP contribution in [-0.4, -0.2) is 58.6 Å². The second kappa shape index (κ2) is 9.77. The maximum absolute atomic E-state index is 14.8. The molecule has 1 unspecified atom stereocenters. The van der Waals surface area contributed by atoms with Gasteiger partial charge in [0.15, 0.2) is 5.75 Å². The fourth-order valence-electron chi connectivity index (χ4n) is 5.23. The van der Waals surface area contributed by atoms with Gasteiger partial charge in [-0.15, -0.1) is 17.5 Å². The highest BCUT2D eigenvalue weighted by Gasteiger charge is 2.30. The van der Waals surface area contributed by atoms with Gasteiger partial charge in [-0.2, -0.15) is 5.10 Å². The average molecular weight is 508 g/mol. The molecule has 0 bridgehead atoms. The highest BCUT2D eigenvalue weighted by atomic mass is 35.5. The first kappa shape index (κ1) is 23.5. The van der Waals surface area contributed by atoms with E-state index in [1.54, 1.807) is 10.6 Å². The van der Waals surface area contributed by atoms with Crippen LogP contribution in [-0.2, 0) is 13.1 Å². The van der Waals surface area contributed by atoms with Crippen LogP contribution in [0.25, 0.3) is 10.2 Å². The van der Waals surface area contributed by atoms with Crippen molar-refractivity contribution in [1.82, 2.24) is 25.0 Å². The fraction of sp³-hybridized carbons (Fsp3) is 0.522. The molecule has 1 N–H and O–H groups in total. The fourth-order valence-corrected chi connectivity index (χ4v) is 6.16. The van der Waals surface area contributed by atoms with E-state index in [0.717, 1.165) is 60.4 Å². The number of likely N-dealkylation sites (tertiary alicyclic amines) is 1. The Balaban J connectivity index is 0.00000241. The molecular weight excluding hydrogens is 481 g/mol. The molecule has 1 atom stereocenters. The van der Waals surface area contributed by atoms with E-state index in [-0.39, 0.29) is 29.0 Å². The minimum absolute atomic E-state index is 0. The van der Waals surface area contributed by atoms with E-state index in [2.05, 4.69) is 20.4 Å². The Kier molecular flexibility index (Phi) is 6.74. The summed E-state index contributed by atoms with van der Waals surface area (Å²) in [7, 11) is 0. The molecule has 0 amide bonds. The molecule has 1 aromatic carbocycles. The van der Waals surface area contributed by atoms with E-state index >= 15 is 0 Å². The number of hydrogen-bond donors (Lipinski definition) is 1. The lowest BCUT2D eigenvalue weighted by Crippen LogP contribution is -2.44. The zero-order valence-corrected chi connectivity index (χ0v) is 20.3. The van der Waals surface area contributed by atoms with Gasteiger partial charge in [0.05, 0.1) is 15.9 Å². The lowest BCUT2D eigenvalue weighted by Gasteiger charge is -2.36. The van der Waals surface area contributed by atoms with Crippen LogP contribution < -0.4 is 19.7 Å². The van der Waals surface area contributed by atoms with E-state index in [4.69, 9.17) is 9.47 Å². The number of fused-ring (bicyclic) bond motifs is 1. The van der Waals surface area contributed by atoms with Gasteiger partial charge in [0, 0.05) is 43.2 Å². The summed E-state index contributed by atoms with van der Waals surface area (Å²) >= 11 is 1.22. The van der Waals surface area contributed by atoms with Gasteiger partial charge in [-0.1, -0.05) is 11.3 Å². The second-order valence-corrected chi connectivity index (χ2v) is 9.96. The van der Waals surface area contributed by atoms with Crippen molar-refractivity contribution in [2.45, 2.75) is 44.3 Å². The summed E-state index contributed by atoms with van der Waals surface area (Å²) in [6, 6.07) is 5.56. The second-order valence-electron chi connectivity index (χ2n) is 8.97. The minimum Gasteiger partial charge on any atom is -0.484 e. The number of halogens is 2. The molecule has 0 radical (unpaired) electrons. The molecule has 3 aromatic rings. The summed E-state index contributed by atoms with van der Waals surface area (Å²) < 4.78 is 28.5. The van der Waals surface area contributed by atoms with Gasteiger partial charge >= 0.3 is 4.87 Å². The summed E-state index contributed by atoms with van der Waals surface area (Å²) in [5.41, 5.74) is 2.39. The van der Waals surface area contributed by atoms with Gasteiger partial charge < -0.3 is 19.7 Å². The molecule has 34 heavy (non-hydrogen) atoms.